The van der Waals surface area contributed by atoms with Crippen LogP contribution in [0.4, 0.5) is 15.3 Å². The van der Waals surface area contributed by atoms with E-state index < -0.39 is 35.3 Å². The Morgan fingerprint density at radius 3 is 2.45 bits per heavy atom. The lowest BCUT2D eigenvalue weighted by Gasteiger charge is -2.19. The van der Waals surface area contributed by atoms with Gasteiger partial charge in [-0.2, -0.15) is 4.68 Å². The maximum atomic E-state index is 13.0. The van der Waals surface area contributed by atoms with Crippen LogP contribution in [-0.2, 0) is 23.7 Å². The average molecular weight is 653 g/mol. The van der Waals surface area contributed by atoms with E-state index in [1.54, 1.807) is 72.9 Å². The number of H-pyrrole nitrogens is 1. The van der Waals surface area contributed by atoms with Crippen LogP contribution in [0, 0.1) is 0 Å². The van der Waals surface area contributed by atoms with Gasteiger partial charge in [0.25, 0.3) is 5.91 Å². The zero-order valence-electron chi connectivity index (χ0n) is 27.5. The lowest BCUT2D eigenvalue weighted by molar-refractivity contribution is -0.110. The molecule has 0 atom stereocenters. The lowest BCUT2D eigenvalue weighted by Crippen LogP contribution is -2.34. The van der Waals surface area contributed by atoms with E-state index >= 15 is 0 Å². The summed E-state index contributed by atoms with van der Waals surface area (Å²) in [7, 11) is 0. The summed E-state index contributed by atoms with van der Waals surface area (Å²) < 4.78 is 28.2. The third-order valence-electron chi connectivity index (χ3n) is 6.12. The number of hydrogen-bond donors (Lipinski definition) is 3. The number of esters is 1. The molecule has 3 aromatic rings. The zero-order chi connectivity index (χ0) is 34.4. The van der Waals surface area contributed by atoms with Crippen LogP contribution in [0.2, 0.25) is 0 Å². The molecular weight excluding hydrogens is 612 g/mol. The number of pyridine rings is 1. The highest BCUT2D eigenvalue weighted by Crippen LogP contribution is 2.36. The number of anilines is 1. The van der Waals surface area contributed by atoms with E-state index in [1.807, 2.05) is 0 Å². The Morgan fingerprint density at radius 1 is 1.00 bits per heavy atom. The minimum atomic E-state index is -0.775. The van der Waals surface area contributed by atoms with E-state index in [-0.39, 0.29) is 50.0 Å². The van der Waals surface area contributed by atoms with Crippen LogP contribution >= 0.6 is 0 Å². The van der Waals surface area contributed by atoms with E-state index in [9.17, 15) is 19.2 Å². The van der Waals surface area contributed by atoms with E-state index in [2.05, 4.69) is 20.7 Å². The standard InChI is InChI=1S/C32H40N6O9/c1-8-44-28(40)19-11-12-33-24(19)17-20-25-23(36-26(20)39)10-9-22(35-25)21-18-38(30(42)47-32(5,6)7)37-27(21)45-16-15-43-14-13-34-29(41)46-31(2,3)4/h9-12,17-18,33H,8,13-16H2,1-7H3,(H,34,41)(H,36,39)/b20-17-. The number of fused-ring (bicyclic) bond motifs is 1. The fourth-order valence-corrected chi connectivity index (χ4v) is 4.26. The number of carbonyl (C=O) groups is 4. The van der Waals surface area contributed by atoms with Crippen LogP contribution in [0.5, 0.6) is 5.88 Å². The van der Waals surface area contributed by atoms with Crippen molar-refractivity contribution < 1.29 is 42.9 Å². The van der Waals surface area contributed by atoms with E-state index in [1.165, 1.54) is 12.3 Å². The normalized spacial score (nSPS) is 13.6. The number of aromatic amines is 1. The summed E-state index contributed by atoms with van der Waals surface area (Å²) in [4.78, 5) is 57.7. The predicted octanol–water partition coefficient (Wildman–Crippen LogP) is 4.65. The Balaban J connectivity index is 1.54. The zero-order valence-corrected chi connectivity index (χ0v) is 27.5. The maximum Gasteiger partial charge on any atom is 0.435 e. The second-order valence-electron chi connectivity index (χ2n) is 12.3. The van der Waals surface area contributed by atoms with Crippen LogP contribution in [0.25, 0.3) is 22.9 Å². The molecule has 15 heteroatoms. The highest BCUT2D eigenvalue weighted by atomic mass is 16.6. The predicted molar refractivity (Wildman–Crippen MR) is 171 cm³/mol. The first kappa shape index (κ1) is 34.7. The fourth-order valence-electron chi connectivity index (χ4n) is 4.26. The number of nitrogens with zero attached hydrogens (tertiary/aromatic N) is 3. The summed E-state index contributed by atoms with van der Waals surface area (Å²) in [5.41, 5.74) is 0.997. The van der Waals surface area contributed by atoms with Crippen molar-refractivity contribution in [2.24, 2.45) is 0 Å². The molecule has 47 heavy (non-hydrogen) atoms. The molecule has 2 amide bonds. The Morgan fingerprint density at radius 2 is 1.74 bits per heavy atom. The van der Waals surface area contributed by atoms with E-state index in [0.29, 0.717) is 28.3 Å². The van der Waals surface area contributed by atoms with Gasteiger partial charge in [0.15, 0.2) is 0 Å². The molecule has 252 valence electrons. The van der Waals surface area contributed by atoms with Crippen molar-refractivity contribution in [3.05, 3.63) is 47.5 Å². The maximum absolute atomic E-state index is 13.0. The quantitative estimate of drug-likeness (QED) is 0.113. The molecule has 0 radical (unpaired) electrons. The second kappa shape index (κ2) is 14.5. The van der Waals surface area contributed by atoms with Gasteiger partial charge in [0.05, 0.1) is 59.8 Å². The van der Waals surface area contributed by atoms with E-state index in [4.69, 9.17) is 28.7 Å². The van der Waals surface area contributed by atoms with Crippen LogP contribution in [0.15, 0.2) is 30.6 Å². The molecule has 4 rings (SSSR count). The molecule has 0 aliphatic carbocycles. The first-order valence-electron chi connectivity index (χ1n) is 15.0. The highest BCUT2D eigenvalue weighted by molar-refractivity contribution is 6.34. The average Bonchev–Trinajstić information content (AvgIpc) is 3.68. The number of amides is 2. The lowest BCUT2D eigenvalue weighted by atomic mass is 10.1. The second-order valence-corrected chi connectivity index (χ2v) is 12.3. The minimum absolute atomic E-state index is 0.0599. The van der Waals surface area contributed by atoms with Crippen molar-refractivity contribution in [2.75, 3.05) is 38.3 Å². The van der Waals surface area contributed by atoms with Crippen LogP contribution < -0.4 is 15.4 Å². The van der Waals surface area contributed by atoms with Gasteiger partial charge in [0.1, 0.15) is 23.5 Å². The number of carbonyl (C=O) groups excluding carboxylic acids is 4. The van der Waals surface area contributed by atoms with Crippen molar-refractivity contribution in [2.45, 2.75) is 59.7 Å². The van der Waals surface area contributed by atoms with Gasteiger partial charge in [-0.05, 0) is 72.7 Å². The topological polar surface area (TPSA) is 185 Å². The van der Waals surface area contributed by atoms with Crippen molar-refractivity contribution in [3.63, 3.8) is 0 Å². The van der Waals surface area contributed by atoms with Gasteiger partial charge >= 0.3 is 18.2 Å². The Labute approximate surface area is 271 Å². The van der Waals surface area contributed by atoms with Gasteiger partial charge in [0.2, 0.25) is 5.88 Å². The number of aromatic nitrogens is 4. The summed E-state index contributed by atoms with van der Waals surface area (Å²) in [6.45, 7) is 13.1. The monoisotopic (exact) mass is 652 g/mol. The number of nitrogens with one attached hydrogen (secondary N) is 3. The molecule has 0 fully saturated rings. The number of ether oxygens (including phenoxy) is 5. The van der Waals surface area contributed by atoms with Crippen molar-refractivity contribution >= 4 is 41.4 Å². The molecule has 0 aromatic carbocycles. The van der Waals surface area contributed by atoms with Gasteiger partial charge < -0.3 is 39.3 Å². The van der Waals surface area contributed by atoms with Crippen molar-refractivity contribution in [1.29, 1.82) is 0 Å². The molecule has 0 saturated carbocycles. The van der Waals surface area contributed by atoms with Gasteiger partial charge in [-0.1, -0.05) is 0 Å². The van der Waals surface area contributed by atoms with Crippen molar-refractivity contribution in [3.8, 4) is 17.1 Å². The minimum Gasteiger partial charge on any atom is -0.474 e. The fraction of sp³-hybridized carbons (Fsp3) is 0.438. The molecular formula is C32H40N6O9. The molecule has 3 aromatic heterocycles. The summed E-state index contributed by atoms with van der Waals surface area (Å²) in [6, 6.07) is 4.90. The summed E-state index contributed by atoms with van der Waals surface area (Å²) in [6.07, 6.45) is 3.27. The molecule has 0 bridgehead atoms. The first-order chi connectivity index (χ1) is 22.1. The van der Waals surface area contributed by atoms with Gasteiger partial charge in [-0.3, -0.25) is 4.79 Å². The Hall–Kier alpha value is -5.18. The first-order valence-corrected chi connectivity index (χ1v) is 15.0. The summed E-state index contributed by atoms with van der Waals surface area (Å²) >= 11 is 0. The van der Waals surface area contributed by atoms with Gasteiger partial charge in [-0.25, -0.2) is 19.4 Å². The van der Waals surface area contributed by atoms with Crippen LogP contribution in [-0.4, -0.2) is 88.0 Å². The third-order valence-corrected chi connectivity index (χ3v) is 6.12. The van der Waals surface area contributed by atoms with Gasteiger partial charge in [-0.15, -0.1) is 5.10 Å². The molecule has 1 aliphatic heterocycles. The largest absolute Gasteiger partial charge is 0.474 e. The SMILES string of the molecule is CCOC(=O)c1cc[nH]c1/C=C1\C(=O)Nc2ccc(-c3cn(C(=O)OC(C)(C)C)nc3OCCOCCNC(=O)OC(C)(C)C)nc21. The Bertz CT molecular complexity index is 1660. The summed E-state index contributed by atoms with van der Waals surface area (Å²) in [5, 5.41) is 9.68. The van der Waals surface area contributed by atoms with Gasteiger partial charge in [0, 0.05) is 12.7 Å². The molecule has 3 N–H and O–H groups in total. The van der Waals surface area contributed by atoms with Crippen molar-refractivity contribution in [1.82, 2.24) is 25.1 Å². The molecule has 4 heterocycles. The smallest absolute Gasteiger partial charge is 0.435 e. The van der Waals surface area contributed by atoms with Crippen LogP contribution in [0.3, 0.4) is 0 Å². The van der Waals surface area contributed by atoms with Crippen LogP contribution in [0.1, 0.15) is 70.2 Å². The number of hydrogen-bond acceptors (Lipinski definition) is 11. The molecule has 15 nitrogen and oxygen atoms in total. The number of rotatable bonds is 11. The highest BCUT2D eigenvalue weighted by Gasteiger charge is 2.29. The summed E-state index contributed by atoms with van der Waals surface area (Å²) in [5.74, 6) is -0.857. The third kappa shape index (κ3) is 9.42. The molecule has 0 saturated heterocycles. The van der Waals surface area contributed by atoms with E-state index in [0.717, 1.165) is 4.68 Å². The molecule has 1 aliphatic rings. The Kier molecular flexibility index (Phi) is 10.7. The molecule has 0 unspecified atom stereocenters. The molecule has 0 spiro atoms. The number of alkyl carbamates (subject to hydrolysis) is 1.